The molecule has 2 aliphatic heterocycles. The number of ketones is 4. The predicted octanol–water partition coefficient (Wildman–Crippen LogP) is 10.6. The molecule has 108 heavy (non-hydrogen) atoms. The molecule has 0 radical (unpaired) electrons. The number of ether oxygens (including phenoxy) is 6. The van der Waals surface area contributed by atoms with E-state index < -0.39 is 18.0 Å². The van der Waals surface area contributed by atoms with Gasteiger partial charge in [0.25, 0.3) is 0 Å². The van der Waals surface area contributed by atoms with Gasteiger partial charge < -0.3 is 48.9 Å². The third-order valence-electron chi connectivity index (χ3n) is 19.5. The summed E-state index contributed by atoms with van der Waals surface area (Å²) in [6, 6.07) is 42.1. The number of aromatic nitrogens is 6. The second kappa shape index (κ2) is 38.7. The highest BCUT2D eigenvalue weighted by molar-refractivity contribution is 6.03. The van der Waals surface area contributed by atoms with Crippen LogP contribution < -0.4 is 20.4 Å². The van der Waals surface area contributed by atoms with Crippen LogP contribution in [0.5, 0.6) is 0 Å². The van der Waals surface area contributed by atoms with Crippen LogP contribution in [0.2, 0.25) is 0 Å². The van der Waals surface area contributed by atoms with Crippen molar-refractivity contribution in [3.05, 3.63) is 167 Å². The molecule has 26 heteroatoms. The van der Waals surface area contributed by atoms with Crippen LogP contribution in [-0.2, 0) is 83.4 Å². The summed E-state index contributed by atoms with van der Waals surface area (Å²) in [5.74, 6) is -1.61. The van der Waals surface area contributed by atoms with Gasteiger partial charge in [0.15, 0.2) is 11.6 Å². The highest BCUT2D eigenvalue weighted by Gasteiger charge is 2.34. The van der Waals surface area contributed by atoms with Gasteiger partial charge in [-0.3, -0.25) is 43.3 Å². The van der Waals surface area contributed by atoms with Gasteiger partial charge in [-0.05, 0) is 83.3 Å². The van der Waals surface area contributed by atoms with Gasteiger partial charge in [0, 0.05) is 152 Å². The van der Waals surface area contributed by atoms with E-state index in [-0.39, 0.29) is 145 Å². The monoisotopic (exact) mass is 1470 g/mol. The smallest absolute Gasteiger partial charge is 0.407 e. The molecule has 566 valence electrons. The highest BCUT2D eigenvalue weighted by Crippen LogP contribution is 2.47. The molecule has 6 aromatic carbocycles. The van der Waals surface area contributed by atoms with Gasteiger partial charge in [-0.15, -0.1) is 10.2 Å². The first kappa shape index (κ1) is 78.3. The van der Waals surface area contributed by atoms with Crippen molar-refractivity contribution in [2.75, 3.05) is 110 Å². The maximum absolute atomic E-state index is 14.2. The van der Waals surface area contributed by atoms with Crippen molar-refractivity contribution in [2.45, 2.75) is 116 Å². The van der Waals surface area contributed by atoms with Crippen LogP contribution in [0.15, 0.2) is 133 Å². The summed E-state index contributed by atoms with van der Waals surface area (Å²) in [5, 5.41) is 23.9. The molecule has 2 aromatic heterocycles. The Bertz CT molecular complexity index is 4300. The number of methoxy groups -OCH3 is 2. The Morgan fingerprint density at radius 1 is 0.491 bits per heavy atom. The van der Waals surface area contributed by atoms with E-state index in [0.29, 0.717) is 112 Å². The van der Waals surface area contributed by atoms with E-state index in [1.54, 1.807) is 50.4 Å². The summed E-state index contributed by atoms with van der Waals surface area (Å²) in [5.41, 5.74) is 13.4. The predicted molar refractivity (Wildman–Crippen MR) is 404 cm³/mol. The van der Waals surface area contributed by atoms with Gasteiger partial charge in [-0.2, -0.15) is 0 Å². The van der Waals surface area contributed by atoms with Crippen LogP contribution in [0.1, 0.15) is 133 Å². The number of anilines is 2. The Hall–Kier alpha value is -10.8. The molecule has 0 spiro atoms. The molecule has 26 nitrogen and oxygen atoms in total. The normalized spacial score (nSPS) is 12.5. The van der Waals surface area contributed by atoms with Crippen LogP contribution in [0.25, 0.3) is 56.2 Å². The largest absolute Gasteiger partial charge is 0.465 e. The molecule has 0 unspecified atom stereocenters. The van der Waals surface area contributed by atoms with Gasteiger partial charge >= 0.3 is 12.1 Å². The van der Waals surface area contributed by atoms with Crippen molar-refractivity contribution >= 4 is 64.3 Å². The molecule has 4 heterocycles. The first-order valence-corrected chi connectivity index (χ1v) is 36.9. The summed E-state index contributed by atoms with van der Waals surface area (Å²) in [7, 11) is 4.63. The fourth-order valence-electron chi connectivity index (χ4n) is 14.0. The molecule has 3 aliphatic rings. The summed E-state index contributed by atoms with van der Waals surface area (Å²) >= 11 is 0. The standard InChI is InChI=1S/C82H93N11O15/c1-55(94)107-48-39-89(53-75(99)83-2)38-37-84-82(102)108-54-70-68-49-56(73(97)27-15-42-105-46-40-92-80-66-23-9-11-25-71(66)90(76(100)29-13-19-60(95)35-44-103-3)51-58-17-5-7-21-62(58)78(80)85-87-92)31-33-64(68)65-34-32-57(50-69(65)70)74(98)28-16-43-106-47-41-93-81-67-24-10-12-26-72(67)91(77(101)30-14-20-61(96)36-45-104-4)52-59-18-6-8-22-63(59)79(81)86-88-93/h5-12,17-18,21-26,31-34,49-50,70H,13-16,19-20,27-30,35-48,51-54H2,1-4H3,(H,83,99)(H,84,102). The van der Waals surface area contributed by atoms with Crippen molar-refractivity contribution in [1.82, 2.24) is 45.5 Å². The number of fused-ring (bicyclic) bond motifs is 13. The number of hydrogen-bond acceptors (Lipinski definition) is 20. The molecular weight excluding hydrogens is 1380 g/mol. The Kier molecular flexibility index (Phi) is 28.0. The number of nitrogens with one attached hydrogen (secondary N) is 2. The average Bonchev–Trinajstić information content (AvgIpc) is 1.55. The molecular formula is C82H93N11O15. The number of carbonyl (C=O) groups is 9. The van der Waals surface area contributed by atoms with Crippen LogP contribution in [0.3, 0.4) is 0 Å². The van der Waals surface area contributed by atoms with Crippen LogP contribution in [0.4, 0.5) is 16.2 Å². The lowest BCUT2D eigenvalue weighted by Gasteiger charge is -2.29. The number of nitrogens with zero attached hydrogens (tertiary/aromatic N) is 9. The molecule has 0 saturated heterocycles. The summed E-state index contributed by atoms with van der Waals surface area (Å²) < 4.78 is 37.1. The third kappa shape index (κ3) is 19.9. The van der Waals surface area contributed by atoms with Crippen LogP contribution >= 0.6 is 0 Å². The number of amides is 4. The summed E-state index contributed by atoms with van der Waals surface area (Å²) in [6.45, 7) is 4.81. The van der Waals surface area contributed by atoms with E-state index in [1.165, 1.54) is 14.0 Å². The number of esters is 1. The fourth-order valence-corrected chi connectivity index (χ4v) is 14.0. The Balaban J connectivity index is 0.724. The number of Topliss-reactive ketones (excluding diaryl/α,β-unsaturated/α-hetero) is 4. The molecule has 11 rings (SSSR count). The Morgan fingerprint density at radius 2 is 0.963 bits per heavy atom. The van der Waals surface area contributed by atoms with Crippen LogP contribution in [-0.4, -0.2) is 188 Å². The number of likely N-dealkylation sites (N-methyl/N-ethyl adjacent to an activating group) is 1. The highest BCUT2D eigenvalue weighted by atomic mass is 16.5. The van der Waals surface area contributed by atoms with Crippen molar-refractivity contribution < 1.29 is 71.6 Å². The van der Waals surface area contributed by atoms with E-state index in [2.05, 4.69) is 31.3 Å². The minimum Gasteiger partial charge on any atom is -0.465 e. The van der Waals surface area contributed by atoms with Gasteiger partial charge in [-0.1, -0.05) is 120 Å². The SMILES string of the molecule is CNC(=O)CN(CCNC(=O)OCC1c2cc(C(=O)CCCOCCn3nnc4c3-c3ccccc3N(C(=O)CCCC(=O)CCOC)Cc3ccccc3-4)ccc2-c2ccc(C(=O)CCCOCCn3nnc4c3-c3ccccc3N(C(=O)CCCC(=O)CCOC)Cc3ccccc3-4)cc21)CCOC(C)=O. The van der Waals surface area contributed by atoms with Crippen molar-refractivity contribution in [1.29, 1.82) is 0 Å². The number of carbonyl (C=O) groups excluding carboxylic acids is 9. The minimum atomic E-state index is -0.719. The first-order chi connectivity index (χ1) is 52.6. The zero-order valence-corrected chi connectivity index (χ0v) is 61.7. The number of para-hydroxylation sites is 2. The van der Waals surface area contributed by atoms with E-state index in [9.17, 15) is 43.2 Å². The van der Waals surface area contributed by atoms with Crippen LogP contribution in [0, 0.1) is 0 Å². The minimum absolute atomic E-state index is 0.00685. The van der Waals surface area contributed by atoms with E-state index in [0.717, 1.165) is 67.0 Å². The third-order valence-corrected chi connectivity index (χ3v) is 19.5. The molecule has 0 atom stereocenters. The molecule has 2 N–H and O–H groups in total. The van der Waals surface area contributed by atoms with Crippen molar-refractivity contribution in [3.63, 3.8) is 0 Å². The van der Waals surface area contributed by atoms with Gasteiger partial charge in [-0.25, -0.2) is 14.2 Å². The second-order valence-electron chi connectivity index (χ2n) is 26.8. The fraction of sp³-hybridized carbons (Fsp3) is 0.402. The zero-order chi connectivity index (χ0) is 75.9. The van der Waals surface area contributed by atoms with Gasteiger partial charge in [0.2, 0.25) is 17.7 Å². The molecule has 4 amide bonds. The van der Waals surface area contributed by atoms with Gasteiger partial charge in [0.05, 0.1) is 81.9 Å². The zero-order valence-electron chi connectivity index (χ0n) is 61.7. The van der Waals surface area contributed by atoms with E-state index in [4.69, 9.17) is 28.4 Å². The maximum Gasteiger partial charge on any atom is 0.407 e. The number of alkyl carbamates (subject to hydrolysis) is 1. The number of hydrogen-bond donors (Lipinski definition) is 2. The Morgan fingerprint density at radius 3 is 1.44 bits per heavy atom. The molecule has 0 fully saturated rings. The Labute approximate surface area is 627 Å². The second-order valence-corrected chi connectivity index (χ2v) is 26.8. The summed E-state index contributed by atoms with van der Waals surface area (Å²) in [4.78, 5) is 124. The average molecular weight is 1470 g/mol. The van der Waals surface area contributed by atoms with Crippen molar-refractivity contribution in [3.8, 4) is 56.2 Å². The van der Waals surface area contributed by atoms with E-state index >= 15 is 0 Å². The van der Waals surface area contributed by atoms with E-state index in [1.807, 2.05) is 121 Å². The lowest BCUT2D eigenvalue weighted by Crippen LogP contribution is -2.42. The number of benzene rings is 6. The van der Waals surface area contributed by atoms with Gasteiger partial charge in [0.1, 0.15) is 36.2 Å². The lowest BCUT2D eigenvalue weighted by atomic mass is 9.93. The topological polar surface area (TPSA) is 304 Å². The number of rotatable bonds is 40. The summed E-state index contributed by atoms with van der Waals surface area (Å²) in [6.07, 6.45) is 2.84. The molecule has 0 bridgehead atoms. The molecule has 1 aliphatic carbocycles. The quantitative estimate of drug-likeness (QED) is 0.0205. The van der Waals surface area contributed by atoms with Crippen molar-refractivity contribution in [2.24, 2.45) is 0 Å². The lowest BCUT2D eigenvalue weighted by molar-refractivity contribution is -0.141. The molecule has 0 saturated carbocycles. The maximum atomic E-state index is 14.2. The first-order valence-electron chi connectivity index (χ1n) is 36.9. The molecule has 8 aromatic rings.